The molecule has 0 aliphatic rings. The van der Waals surface area contributed by atoms with Crippen LogP contribution in [0.4, 0.5) is 0 Å². The number of carbonyl (C=O) groups is 2. The first-order valence-electron chi connectivity index (χ1n) is 23.1. The van der Waals surface area contributed by atoms with E-state index in [-0.39, 0.29) is 24.9 Å². The van der Waals surface area contributed by atoms with E-state index in [1.165, 1.54) is 148 Å². The number of carbonyl (C=O) groups excluding carboxylic acids is 2. The SMILES string of the molecule is CCCCCCCC/C=C\C/C=C/C(CC(=O)NC(CO)C(O)CCCCCCCCCCCCCCCC)OC(=O)CCCCCCCCCCC. The highest BCUT2D eigenvalue weighted by Gasteiger charge is 2.23. The fourth-order valence-electron chi connectivity index (χ4n) is 6.98. The van der Waals surface area contributed by atoms with E-state index in [4.69, 9.17) is 4.74 Å². The highest BCUT2D eigenvalue weighted by atomic mass is 16.5. The summed E-state index contributed by atoms with van der Waals surface area (Å²) in [5, 5.41) is 23.6. The smallest absolute Gasteiger partial charge is 0.306 e. The molecule has 0 aliphatic heterocycles. The Bertz CT molecular complexity index is 843. The van der Waals surface area contributed by atoms with Crippen LogP contribution in [0.5, 0.6) is 0 Å². The van der Waals surface area contributed by atoms with Gasteiger partial charge in [0.05, 0.1) is 25.2 Å². The van der Waals surface area contributed by atoms with Crippen molar-refractivity contribution in [1.29, 1.82) is 0 Å². The molecule has 0 aliphatic carbocycles. The molecule has 0 radical (unpaired) electrons. The van der Waals surface area contributed by atoms with Gasteiger partial charge in [0.15, 0.2) is 0 Å². The predicted octanol–water partition coefficient (Wildman–Crippen LogP) is 13.2. The van der Waals surface area contributed by atoms with Gasteiger partial charge in [-0.25, -0.2) is 0 Å². The molecule has 0 bridgehead atoms. The minimum atomic E-state index is -0.804. The lowest BCUT2D eigenvalue weighted by Crippen LogP contribution is -2.46. The summed E-state index contributed by atoms with van der Waals surface area (Å²) in [6, 6.07) is -0.725. The van der Waals surface area contributed by atoms with Gasteiger partial charge in [-0.1, -0.05) is 212 Å². The Balaban J connectivity index is 4.59. The van der Waals surface area contributed by atoms with E-state index < -0.39 is 18.2 Å². The first kappa shape index (κ1) is 51.3. The summed E-state index contributed by atoms with van der Waals surface area (Å²) < 4.78 is 5.78. The van der Waals surface area contributed by atoms with Crippen molar-refractivity contribution in [3.8, 4) is 0 Å². The van der Waals surface area contributed by atoms with Crippen molar-refractivity contribution in [2.45, 2.75) is 257 Å². The number of unbranched alkanes of at least 4 members (excludes halogenated alkanes) is 27. The monoisotopic (exact) mass is 748 g/mol. The molecule has 0 aromatic carbocycles. The second-order valence-corrected chi connectivity index (χ2v) is 15.8. The van der Waals surface area contributed by atoms with Gasteiger partial charge >= 0.3 is 5.97 Å². The quantitative estimate of drug-likeness (QED) is 0.0329. The van der Waals surface area contributed by atoms with Crippen LogP contribution >= 0.6 is 0 Å². The van der Waals surface area contributed by atoms with Crippen LogP contribution in [0.2, 0.25) is 0 Å². The third-order valence-electron chi connectivity index (χ3n) is 10.5. The first-order valence-corrected chi connectivity index (χ1v) is 23.1. The van der Waals surface area contributed by atoms with E-state index >= 15 is 0 Å². The minimum Gasteiger partial charge on any atom is -0.458 e. The zero-order chi connectivity index (χ0) is 38.9. The molecule has 0 saturated carbocycles. The molecule has 6 nitrogen and oxygen atoms in total. The largest absolute Gasteiger partial charge is 0.458 e. The summed E-state index contributed by atoms with van der Waals surface area (Å²) in [7, 11) is 0. The van der Waals surface area contributed by atoms with Crippen molar-refractivity contribution in [1.82, 2.24) is 5.32 Å². The molecular weight excluding hydrogens is 659 g/mol. The highest BCUT2D eigenvalue weighted by Crippen LogP contribution is 2.16. The van der Waals surface area contributed by atoms with Crippen LogP contribution in [-0.2, 0) is 14.3 Å². The maximum atomic E-state index is 13.1. The van der Waals surface area contributed by atoms with Crippen molar-refractivity contribution in [2.24, 2.45) is 0 Å². The van der Waals surface area contributed by atoms with E-state index in [1.807, 2.05) is 12.2 Å². The molecule has 6 heteroatoms. The van der Waals surface area contributed by atoms with Gasteiger partial charge < -0.3 is 20.3 Å². The number of esters is 1. The zero-order valence-electron chi connectivity index (χ0n) is 35.4. The fourth-order valence-corrected chi connectivity index (χ4v) is 6.98. The number of allylic oxidation sites excluding steroid dienone is 3. The standard InChI is InChI=1S/C47H89NO5/c1-4-7-10-13-16-19-21-22-23-25-28-30-33-36-39-45(50)44(42-49)48-46(51)41-43(38-35-32-29-27-24-20-17-14-11-8-5-2)53-47(52)40-37-34-31-26-18-15-12-9-6-3/h27,29,35,38,43-45,49-50H,4-26,28,30-34,36-37,39-42H2,1-3H3,(H,48,51)/b29-27-,38-35+. The molecule has 312 valence electrons. The summed E-state index contributed by atoms with van der Waals surface area (Å²) in [6.45, 7) is 6.42. The molecule has 1 amide bonds. The normalized spacial score (nSPS) is 13.5. The number of hydrogen-bond donors (Lipinski definition) is 3. The average molecular weight is 748 g/mol. The van der Waals surface area contributed by atoms with Crippen LogP contribution < -0.4 is 5.32 Å². The van der Waals surface area contributed by atoms with Crippen molar-refractivity contribution >= 4 is 11.9 Å². The van der Waals surface area contributed by atoms with Crippen LogP contribution in [0.15, 0.2) is 24.3 Å². The van der Waals surface area contributed by atoms with Gasteiger partial charge in [0.25, 0.3) is 0 Å². The predicted molar refractivity (Wildman–Crippen MR) is 227 cm³/mol. The molecule has 0 spiro atoms. The molecule has 0 saturated heterocycles. The van der Waals surface area contributed by atoms with E-state index in [2.05, 4.69) is 38.2 Å². The summed E-state index contributed by atoms with van der Waals surface area (Å²) in [5.41, 5.74) is 0. The third kappa shape index (κ3) is 37.1. The molecule has 3 N–H and O–H groups in total. The number of rotatable bonds is 41. The first-order chi connectivity index (χ1) is 26.0. The number of aliphatic hydroxyl groups is 2. The lowest BCUT2D eigenvalue weighted by atomic mass is 10.0. The molecule has 0 aromatic heterocycles. The molecule has 3 atom stereocenters. The average Bonchev–Trinajstić information content (AvgIpc) is 3.15. The third-order valence-corrected chi connectivity index (χ3v) is 10.5. The molecular formula is C47H89NO5. The van der Waals surface area contributed by atoms with Gasteiger partial charge in [0, 0.05) is 6.42 Å². The van der Waals surface area contributed by atoms with E-state index in [1.54, 1.807) is 0 Å². The van der Waals surface area contributed by atoms with E-state index in [0.717, 1.165) is 51.4 Å². The zero-order valence-corrected chi connectivity index (χ0v) is 35.4. The van der Waals surface area contributed by atoms with E-state index in [0.29, 0.717) is 12.8 Å². The van der Waals surface area contributed by atoms with Crippen LogP contribution in [0, 0.1) is 0 Å². The van der Waals surface area contributed by atoms with Crippen molar-refractivity contribution in [2.75, 3.05) is 6.61 Å². The fraction of sp³-hybridized carbons (Fsp3) is 0.872. The number of amides is 1. The van der Waals surface area contributed by atoms with Crippen molar-refractivity contribution in [3.63, 3.8) is 0 Å². The lowest BCUT2D eigenvalue weighted by Gasteiger charge is -2.23. The van der Waals surface area contributed by atoms with Crippen molar-refractivity contribution < 1.29 is 24.5 Å². The van der Waals surface area contributed by atoms with Crippen LogP contribution in [0.25, 0.3) is 0 Å². The van der Waals surface area contributed by atoms with Gasteiger partial charge in [-0.15, -0.1) is 0 Å². The summed E-state index contributed by atoms with van der Waals surface area (Å²) >= 11 is 0. The lowest BCUT2D eigenvalue weighted by molar-refractivity contribution is -0.148. The Labute approximate surface area is 329 Å². The Hall–Kier alpha value is -1.66. The second kappa shape index (κ2) is 41.5. The number of ether oxygens (including phenoxy) is 1. The van der Waals surface area contributed by atoms with Gasteiger partial charge in [-0.2, -0.15) is 0 Å². The number of nitrogens with one attached hydrogen (secondary N) is 1. The Morgan fingerprint density at radius 2 is 1.00 bits per heavy atom. The second-order valence-electron chi connectivity index (χ2n) is 15.8. The van der Waals surface area contributed by atoms with Gasteiger partial charge in [0.1, 0.15) is 6.10 Å². The van der Waals surface area contributed by atoms with Crippen molar-refractivity contribution in [3.05, 3.63) is 24.3 Å². The van der Waals surface area contributed by atoms with Gasteiger partial charge in [0.2, 0.25) is 5.91 Å². The summed E-state index contributed by atoms with van der Waals surface area (Å²) in [5.74, 6) is -0.598. The van der Waals surface area contributed by atoms with E-state index in [9.17, 15) is 19.8 Å². The molecule has 53 heavy (non-hydrogen) atoms. The number of hydrogen-bond acceptors (Lipinski definition) is 5. The van der Waals surface area contributed by atoms with Crippen LogP contribution in [0.1, 0.15) is 239 Å². The van der Waals surface area contributed by atoms with Crippen LogP contribution in [0.3, 0.4) is 0 Å². The minimum absolute atomic E-state index is 0.0243. The Morgan fingerprint density at radius 1 is 0.566 bits per heavy atom. The molecule has 0 fully saturated rings. The maximum absolute atomic E-state index is 13.1. The molecule has 0 aromatic rings. The molecule has 0 heterocycles. The molecule has 0 rings (SSSR count). The van der Waals surface area contributed by atoms with Gasteiger partial charge in [-0.05, 0) is 38.2 Å². The summed E-state index contributed by atoms with van der Waals surface area (Å²) in [6.07, 6.45) is 45.6. The molecule has 3 unspecified atom stereocenters. The Morgan fingerprint density at radius 3 is 1.47 bits per heavy atom. The van der Waals surface area contributed by atoms with Crippen LogP contribution in [-0.4, -0.2) is 46.9 Å². The number of aliphatic hydroxyl groups excluding tert-OH is 2. The maximum Gasteiger partial charge on any atom is 0.306 e. The topological polar surface area (TPSA) is 95.9 Å². The highest BCUT2D eigenvalue weighted by molar-refractivity contribution is 5.78. The Kier molecular flexibility index (Phi) is 40.2. The summed E-state index contributed by atoms with van der Waals surface area (Å²) in [4.78, 5) is 25.8. The van der Waals surface area contributed by atoms with Gasteiger partial charge in [-0.3, -0.25) is 9.59 Å².